The third-order valence-corrected chi connectivity index (χ3v) is 5.05. The van der Waals surface area contributed by atoms with Gasteiger partial charge in [0, 0.05) is 12.3 Å². The summed E-state index contributed by atoms with van der Waals surface area (Å²) in [5.41, 5.74) is 3.55. The predicted molar refractivity (Wildman–Crippen MR) is 109 cm³/mol. The van der Waals surface area contributed by atoms with E-state index in [0.29, 0.717) is 18.8 Å². The quantitative estimate of drug-likeness (QED) is 0.320. The number of ether oxygens (including phenoxy) is 2. The van der Waals surface area contributed by atoms with Gasteiger partial charge in [0.25, 0.3) is 0 Å². The Labute approximate surface area is 163 Å². The van der Waals surface area contributed by atoms with Gasteiger partial charge in [-0.1, -0.05) is 23.9 Å². The van der Waals surface area contributed by atoms with Crippen LogP contribution in [0.3, 0.4) is 0 Å². The fourth-order valence-electron chi connectivity index (χ4n) is 2.86. The summed E-state index contributed by atoms with van der Waals surface area (Å²) in [6.07, 6.45) is 0. The highest BCUT2D eigenvalue weighted by molar-refractivity contribution is 7.99. The topological polar surface area (TPSA) is 53.4 Å². The van der Waals surface area contributed by atoms with Crippen molar-refractivity contribution in [3.8, 4) is 5.75 Å². The van der Waals surface area contributed by atoms with E-state index in [1.165, 1.54) is 5.56 Å². The second-order valence-corrected chi connectivity index (χ2v) is 7.14. The number of esters is 1. The Kier molecular flexibility index (Phi) is 6.40. The lowest BCUT2D eigenvalue weighted by Gasteiger charge is -2.08. The van der Waals surface area contributed by atoms with Gasteiger partial charge in [-0.15, -0.1) is 0 Å². The summed E-state index contributed by atoms with van der Waals surface area (Å²) in [7, 11) is 0. The van der Waals surface area contributed by atoms with Gasteiger partial charge in [-0.3, -0.25) is 0 Å². The van der Waals surface area contributed by atoms with Crippen molar-refractivity contribution in [2.75, 3.05) is 19.0 Å². The minimum atomic E-state index is -0.314. The number of thioether (sulfide) groups is 1. The maximum absolute atomic E-state index is 11.9. The summed E-state index contributed by atoms with van der Waals surface area (Å²) < 4.78 is 13.0. The summed E-state index contributed by atoms with van der Waals surface area (Å²) >= 11 is 1.66. The summed E-state index contributed by atoms with van der Waals surface area (Å²) in [5.74, 6) is 1.37. The minimum absolute atomic E-state index is 0.314. The van der Waals surface area contributed by atoms with Crippen LogP contribution in [0.15, 0.2) is 47.6 Å². The highest BCUT2D eigenvalue weighted by Crippen LogP contribution is 2.25. The van der Waals surface area contributed by atoms with Gasteiger partial charge in [-0.25, -0.2) is 9.78 Å². The molecule has 1 aromatic heterocycles. The van der Waals surface area contributed by atoms with Gasteiger partial charge in [0.2, 0.25) is 0 Å². The van der Waals surface area contributed by atoms with Crippen molar-refractivity contribution in [3.63, 3.8) is 0 Å². The Balaban J connectivity index is 1.69. The molecular formula is C21H24N2O3S. The highest BCUT2D eigenvalue weighted by Gasteiger charge is 2.13. The van der Waals surface area contributed by atoms with Crippen molar-refractivity contribution in [3.05, 3.63) is 53.6 Å². The smallest absolute Gasteiger partial charge is 0.338 e. The van der Waals surface area contributed by atoms with Crippen LogP contribution in [0.25, 0.3) is 11.0 Å². The van der Waals surface area contributed by atoms with E-state index in [4.69, 9.17) is 14.5 Å². The fraction of sp³-hybridized carbons (Fsp3) is 0.333. The molecule has 3 aromatic rings. The molecule has 0 amide bonds. The molecule has 2 aromatic carbocycles. The number of aryl methyl sites for hydroxylation is 2. The number of rotatable bonds is 8. The summed E-state index contributed by atoms with van der Waals surface area (Å²) in [6.45, 7) is 7.73. The fourth-order valence-corrected chi connectivity index (χ4v) is 3.76. The van der Waals surface area contributed by atoms with Crippen LogP contribution in [0.1, 0.15) is 29.8 Å². The monoisotopic (exact) mass is 384 g/mol. The van der Waals surface area contributed by atoms with Gasteiger partial charge in [-0.2, -0.15) is 0 Å². The summed E-state index contributed by atoms with van der Waals surface area (Å²) in [4.78, 5) is 16.6. The number of aromatic nitrogens is 2. The molecule has 0 saturated carbocycles. The van der Waals surface area contributed by atoms with Crippen LogP contribution in [0.2, 0.25) is 0 Å². The van der Waals surface area contributed by atoms with Crippen molar-refractivity contribution in [1.29, 1.82) is 0 Å². The number of fused-ring (bicyclic) bond motifs is 1. The number of hydrogen-bond donors (Lipinski definition) is 0. The third kappa shape index (κ3) is 4.63. The van der Waals surface area contributed by atoms with Crippen LogP contribution in [0, 0.1) is 6.92 Å². The first-order valence-electron chi connectivity index (χ1n) is 9.12. The molecule has 3 rings (SSSR count). The molecule has 0 bridgehead atoms. The number of carbonyl (C=O) groups is 1. The molecule has 1 heterocycles. The third-order valence-electron chi connectivity index (χ3n) is 4.11. The van der Waals surface area contributed by atoms with Gasteiger partial charge in [0.05, 0.1) is 29.8 Å². The van der Waals surface area contributed by atoms with Gasteiger partial charge in [0.15, 0.2) is 5.16 Å². The van der Waals surface area contributed by atoms with Gasteiger partial charge >= 0.3 is 5.97 Å². The number of imidazole rings is 1. The molecule has 0 radical (unpaired) electrons. The Bertz CT molecular complexity index is 936. The molecule has 0 N–H and O–H groups in total. The van der Waals surface area contributed by atoms with Crippen molar-refractivity contribution in [1.82, 2.24) is 9.55 Å². The zero-order valence-corrected chi connectivity index (χ0v) is 16.7. The standard InChI is InChI=1S/C21H24N2O3S/c1-4-23-19-10-9-16(20(24)25-5-2)14-18(19)22-21(23)27-12-11-26-17-8-6-7-15(3)13-17/h6-10,13-14H,4-5,11-12H2,1-3H3. The van der Waals surface area contributed by atoms with Crippen LogP contribution in [0.4, 0.5) is 0 Å². The maximum atomic E-state index is 11.9. The van der Waals surface area contributed by atoms with E-state index >= 15 is 0 Å². The molecule has 0 spiro atoms. The molecule has 0 saturated heterocycles. The second kappa shape index (κ2) is 8.95. The lowest BCUT2D eigenvalue weighted by atomic mass is 10.2. The number of benzene rings is 2. The van der Waals surface area contributed by atoms with E-state index in [0.717, 1.165) is 34.2 Å². The Hall–Kier alpha value is -2.47. The van der Waals surface area contributed by atoms with Crippen LogP contribution in [0.5, 0.6) is 5.75 Å². The lowest BCUT2D eigenvalue weighted by Crippen LogP contribution is -2.04. The first kappa shape index (κ1) is 19.3. The SMILES string of the molecule is CCOC(=O)c1ccc2c(c1)nc(SCCOc1cccc(C)c1)n2CC. The molecule has 0 aliphatic heterocycles. The van der Waals surface area contributed by atoms with Crippen molar-refractivity contribution in [2.24, 2.45) is 0 Å². The molecule has 27 heavy (non-hydrogen) atoms. The zero-order chi connectivity index (χ0) is 19.2. The van der Waals surface area contributed by atoms with E-state index in [1.54, 1.807) is 30.8 Å². The lowest BCUT2D eigenvalue weighted by molar-refractivity contribution is 0.0526. The minimum Gasteiger partial charge on any atom is -0.493 e. The molecule has 0 atom stereocenters. The van der Waals surface area contributed by atoms with Crippen LogP contribution >= 0.6 is 11.8 Å². The van der Waals surface area contributed by atoms with Gasteiger partial charge < -0.3 is 14.0 Å². The number of carbonyl (C=O) groups excluding carboxylic acids is 1. The van der Waals surface area contributed by atoms with Crippen LogP contribution in [-0.2, 0) is 11.3 Å². The Morgan fingerprint density at radius 1 is 1.19 bits per heavy atom. The average Bonchev–Trinajstić information content (AvgIpc) is 3.02. The zero-order valence-electron chi connectivity index (χ0n) is 15.9. The van der Waals surface area contributed by atoms with Gasteiger partial charge in [-0.05, 0) is 56.7 Å². The van der Waals surface area contributed by atoms with E-state index in [-0.39, 0.29) is 5.97 Å². The van der Waals surface area contributed by atoms with Crippen LogP contribution in [-0.4, -0.2) is 34.5 Å². The van der Waals surface area contributed by atoms with E-state index in [1.807, 2.05) is 24.3 Å². The van der Waals surface area contributed by atoms with Gasteiger partial charge in [0.1, 0.15) is 5.75 Å². The number of hydrogen-bond acceptors (Lipinski definition) is 5. The summed E-state index contributed by atoms with van der Waals surface area (Å²) in [6, 6.07) is 13.6. The Morgan fingerprint density at radius 3 is 2.78 bits per heavy atom. The first-order valence-corrected chi connectivity index (χ1v) is 10.1. The van der Waals surface area contributed by atoms with E-state index < -0.39 is 0 Å². The normalized spacial score (nSPS) is 10.9. The first-order chi connectivity index (χ1) is 13.1. The molecule has 0 aliphatic rings. The largest absolute Gasteiger partial charge is 0.493 e. The molecule has 5 nitrogen and oxygen atoms in total. The second-order valence-electron chi connectivity index (χ2n) is 6.08. The highest BCUT2D eigenvalue weighted by atomic mass is 32.2. The Morgan fingerprint density at radius 2 is 2.04 bits per heavy atom. The maximum Gasteiger partial charge on any atom is 0.338 e. The molecule has 0 aliphatic carbocycles. The van der Waals surface area contributed by atoms with E-state index in [2.05, 4.69) is 24.5 Å². The van der Waals surface area contributed by atoms with E-state index in [9.17, 15) is 4.79 Å². The van der Waals surface area contributed by atoms with Crippen molar-refractivity contribution >= 4 is 28.8 Å². The number of nitrogens with zero attached hydrogens (tertiary/aromatic N) is 2. The van der Waals surface area contributed by atoms with Crippen molar-refractivity contribution < 1.29 is 14.3 Å². The molecule has 0 unspecified atom stereocenters. The molecular weight excluding hydrogens is 360 g/mol. The summed E-state index contributed by atoms with van der Waals surface area (Å²) in [5, 5.41) is 0.932. The van der Waals surface area contributed by atoms with Crippen LogP contribution < -0.4 is 4.74 Å². The predicted octanol–water partition coefficient (Wildman–Crippen LogP) is 4.71. The molecule has 142 valence electrons. The van der Waals surface area contributed by atoms with Crippen molar-refractivity contribution in [2.45, 2.75) is 32.5 Å². The molecule has 0 fully saturated rings. The molecule has 6 heteroatoms. The average molecular weight is 385 g/mol.